The Morgan fingerprint density at radius 2 is 2.10 bits per heavy atom. The van der Waals surface area contributed by atoms with E-state index in [9.17, 15) is 10.1 Å². The lowest BCUT2D eigenvalue weighted by Gasteiger charge is -2.61. The van der Waals surface area contributed by atoms with Crippen LogP contribution in [0.3, 0.4) is 0 Å². The molecule has 148 valence electrons. The first-order chi connectivity index (χ1) is 14.0. The van der Waals surface area contributed by atoms with Gasteiger partial charge in [0.25, 0.3) is 0 Å². The number of benzene rings is 1. The van der Waals surface area contributed by atoms with Crippen molar-refractivity contribution in [2.75, 3.05) is 42.6 Å². The van der Waals surface area contributed by atoms with Gasteiger partial charge in [0.2, 0.25) is 0 Å². The van der Waals surface area contributed by atoms with Crippen molar-refractivity contribution in [1.29, 1.82) is 5.26 Å². The smallest absolute Gasteiger partial charge is 0.325 e. The van der Waals surface area contributed by atoms with E-state index in [1.54, 1.807) is 30.5 Å². The summed E-state index contributed by atoms with van der Waals surface area (Å²) >= 11 is 6.07. The van der Waals surface area contributed by atoms with E-state index in [1.807, 2.05) is 22.8 Å². The summed E-state index contributed by atoms with van der Waals surface area (Å²) in [6.07, 6.45) is 1.71. The Labute approximate surface area is 174 Å². The molecule has 2 aromatic rings. The number of ether oxygens (including phenoxy) is 1. The molecule has 0 N–H and O–H groups in total. The molecule has 0 saturated carbocycles. The van der Waals surface area contributed by atoms with Crippen LogP contribution in [0.25, 0.3) is 0 Å². The summed E-state index contributed by atoms with van der Waals surface area (Å²) in [6.45, 7) is 5.48. The average molecular weight is 410 g/mol. The quantitative estimate of drug-likeness (QED) is 0.723. The highest BCUT2D eigenvalue weighted by Gasteiger charge is 2.55. The number of fused-ring (bicyclic) bond motifs is 1. The van der Waals surface area contributed by atoms with E-state index < -0.39 is 0 Å². The number of carbonyl (C=O) groups excluding carboxylic acids is 1. The highest BCUT2D eigenvalue weighted by molar-refractivity contribution is 6.30. The average Bonchev–Trinajstić information content (AvgIpc) is 2.66. The zero-order chi connectivity index (χ0) is 20.2. The van der Waals surface area contributed by atoms with E-state index in [2.05, 4.69) is 16.0 Å². The van der Waals surface area contributed by atoms with Crippen LogP contribution in [-0.2, 0) is 0 Å². The van der Waals surface area contributed by atoms with Gasteiger partial charge in [-0.2, -0.15) is 5.26 Å². The number of anilines is 2. The van der Waals surface area contributed by atoms with Crippen LogP contribution in [0.1, 0.15) is 12.5 Å². The van der Waals surface area contributed by atoms with Crippen LogP contribution in [0, 0.1) is 16.7 Å². The minimum atomic E-state index is -0.0441. The third kappa shape index (κ3) is 2.87. The first-order valence-electron chi connectivity index (χ1n) is 9.60. The Morgan fingerprint density at radius 3 is 2.86 bits per heavy atom. The van der Waals surface area contributed by atoms with Gasteiger partial charge in [0, 0.05) is 48.9 Å². The molecule has 1 unspecified atom stereocenters. The van der Waals surface area contributed by atoms with Crippen molar-refractivity contribution < 1.29 is 9.53 Å². The fourth-order valence-corrected chi connectivity index (χ4v) is 4.68. The number of hydrogen-bond donors (Lipinski definition) is 0. The molecule has 1 aromatic heterocycles. The number of urea groups is 1. The SMILES string of the molecule is CC1COc2cc(Cl)ccc2N1C(=O)N1CC2(C1)CN(c1ncccc1C#N)C2. The summed E-state index contributed by atoms with van der Waals surface area (Å²) in [7, 11) is 0. The molecule has 0 bridgehead atoms. The van der Waals surface area contributed by atoms with Gasteiger partial charge < -0.3 is 14.5 Å². The normalized spacial score (nSPS) is 21.6. The molecule has 7 nitrogen and oxygen atoms in total. The topological polar surface area (TPSA) is 72.7 Å². The summed E-state index contributed by atoms with van der Waals surface area (Å²) in [5, 5.41) is 9.87. The fourth-order valence-electron chi connectivity index (χ4n) is 4.52. The zero-order valence-corrected chi connectivity index (χ0v) is 16.8. The molecule has 5 rings (SSSR count). The van der Waals surface area contributed by atoms with E-state index in [0.717, 1.165) is 24.6 Å². The second-order valence-corrected chi connectivity index (χ2v) is 8.56. The van der Waals surface area contributed by atoms with Crippen molar-refractivity contribution in [3.05, 3.63) is 47.1 Å². The van der Waals surface area contributed by atoms with Gasteiger partial charge >= 0.3 is 6.03 Å². The molecule has 2 amide bonds. The van der Waals surface area contributed by atoms with Gasteiger partial charge in [-0.15, -0.1) is 0 Å². The van der Waals surface area contributed by atoms with E-state index in [1.165, 1.54) is 0 Å². The molecule has 8 heteroatoms. The van der Waals surface area contributed by atoms with Gasteiger partial charge in [0.1, 0.15) is 24.2 Å². The second-order valence-electron chi connectivity index (χ2n) is 8.12. The molecule has 3 aliphatic heterocycles. The molecule has 3 aliphatic rings. The molecular formula is C21H20ClN5O2. The van der Waals surface area contributed by atoms with Crippen LogP contribution in [0.15, 0.2) is 36.5 Å². The number of carbonyl (C=O) groups is 1. The molecular weight excluding hydrogens is 390 g/mol. The minimum Gasteiger partial charge on any atom is -0.489 e. The maximum Gasteiger partial charge on any atom is 0.325 e. The van der Waals surface area contributed by atoms with E-state index in [4.69, 9.17) is 16.3 Å². The Kier molecular flexibility index (Phi) is 4.07. The maximum atomic E-state index is 13.2. The predicted molar refractivity (Wildman–Crippen MR) is 109 cm³/mol. The van der Waals surface area contributed by atoms with Crippen LogP contribution >= 0.6 is 11.6 Å². The predicted octanol–water partition coefficient (Wildman–Crippen LogP) is 3.14. The van der Waals surface area contributed by atoms with Crippen LogP contribution < -0.4 is 14.5 Å². The fraction of sp³-hybridized carbons (Fsp3) is 0.381. The third-order valence-electron chi connectivity index (χ3n) is 5.89. The largest absolute Gasteiger partial charge is 0.489 e. The van der Waals surface area contributed by atoms with E-state index >= 15 is 0 Å². The van der Waals surface area contributed by atoms with Crippen molar-refractivity contribution in [3.63, 3.8) is 0 Å². The number of likely N-dealkylation sites (tertiary alicyclic amines) is 1. The number of amides is 2. The highest BCUT2D eigenvalue weighted by Crippen LogP contribution is 2.44. The summed E-state index contributed by atoms with van der Waals surface area (Å²) in [4.78, 5) is 23.4. The van der Waals surface area contributed by atoms with Crippen molar-refractivity contribution in [1.82, 2.24) is 9.88 Å². The first kappa shape index (κ1) is 18.1. The van der Waals surface area contributed by atoms with Crippen molar-refractivity contribution in [2.45, 2.75) is 13.0 Å². The highest BCUT2D eigenvalue weighted by atomic mass is 35.5. The third-order valence-corrected chi connectivity index (χ3v) is 6.13. The molecule has 2 saturated heterocycles. The van der Waals surface area contributed by atoms with Gasteiger partial charge in [-0.25, -0.2) is 9.78 Å². The molecule has 0 aliphatic carbocycles. The number of hydrogen-bond acceptors (Lipinski definition) is 5. The number of pyridine rings is 1. The number of nitrogens with zero attached hydrogens (tertiary/aromatic N) is 5. The lowest BCUT2D eigenvalue weighted by atomic mass is 9.73. The van der Waals surface area contributed by atoms with Crippen LogP contribution in [0.2, 0.25) is 5.02 Å². The Morgan fingerprint density at radius 1 is 1.31 bits per heavy atom. The summed E-state index contributed by atoms with van der Waals surface area (Å²) in [6, 6.07) is 11.1. The standard InChI is InChI=1S/C21H20ClN5O2/c1-14-9-29-18-7-16(22)4-5-17(18)27(14)20(28)26-12-21(13-26)10-25(11-21)19-15(8-23)3-2-6-24-19/h2-7,14H,9-13H2,1H3. The molecule has 0 radical (unpaired) electrons. The van der Waals surface area contributed by atoms with Crippen molar-refractivity contribution >= 4 is 29.1 Å². The number of rotatable bonds is 1. The minimum absolute atomic E-state index is 0.00370. The second kappa shape index (κ2) is 6.53. The van der Waals surface area contributed by atoms with E-state index in [-0.39, 0.29) is 17.5 Å². The van der Waals surface area contributed by atoms with Crippen molar-refractivity contribution in [2.24, 2.45) is 5.41 Å². The Bertz CT molecular complexity index is 1020. The van der Waals surface area contributed by atoms with Gasteiger partial charge in [-0.05, 0) is 31.2 Å². The van der Waals surface area contributed by atoms with Crippen LogP contribution in [0.5, 0.6) is 5.75 Å². The van der Waals surface area contributed by atoms with Crippen LogP contribution in [0.4, 0.5) is 16.3 Å². The Balaban J connectivity index is 1.27. The lowest BCUT2D eigenvalue weighted by Crippen LogP contribution is -2.74. The molecule has 29 heavy (non-hydrogen) atoms. The molecule has 1 atom stereocenters. The van der Waals surface area contributed by atoms with Gasteiger partial charge in [0.15, 0.2) is 0 Å². The summed E-state index contributed by atoms with van der Waals surface area (Å²) in [5.41, 5.74) is 1.45. The number of halogens is 1. The maximum absolute atomic E-state index is 13.2. The van der Waals surface area contributed by atoms with Gasteiger partial charge in [-0.1, -0.05) is 11.6 Å². The first-order valence-corrected chi connectivity index (χ1v) is 9.98. The zero-order valence-electron chi connectivity index (χ0n) is 16.0. The van der Waals surface area contributed by atoms with E-state index in [0.29, 0.717) is 36.0 Å². The summed E-state index contributed by atoms with van der Waals surface area (Å²) in [5.74, 6) is 1.38. The molecule has 4 heterocycles. The monoisotopic (exact) mass is 409 g/mol. The van der Waals surface area contributed by atoms with Gasteiger partial charge in [0.05, 0.1) is 17.3 Å². The Hall–Kier alpha value is -2.98. The lowest BCUT2D eigenvalue weighted by molar-refractivity contribution is 0.00855. The van der Waals surface area contributed by atoms with Crippen molar-refractivity contribution in [3.8, 4) is 11.8 Å². The summed E-state index contributed by atoms with van der Waals surface area (Å²) < 4.78 is 5.75. The van der Waals surface area contributed by atoms with Crippen LogP contribution in [-0.4, -0.2) is 54.7 Å². The molecule has 2 fully saturated rings. The van der Waals surface area contributed by atoms with Gasteiger partial charge in [-0.3, -0.25) is 4.90 Å². The molecule has 1 spiro atoms. The number of nitriles is 1. The molecule has 1 aromatic carbocycles. The number of aromatic nitrogens is 1.